The second-order valence-electron chi connectivity index (χ2n) is 5.75. The first-order chi connectivity index (χ1) is 11.6. The molecule has 1 aromatic carbocycles. The number of hydrogen-bond donors (Lipinski definition) is 1. The Hall–Kier alpha value is -2.21. The van der Waals surface area contributed by atoms with E-state index in [2.05, 4.69) is 26.2 Å². The van der Waals surface area contributed by atoms with Crippen molar-refractivity contribution in [2.75, 3.05) is 18.4 Å². The van der Waals surface area contributed by atoms with E-state index in [-0.39, 0.29) is 11.8 Å². The van der Waals surface area contributed by atoms with Gasteiger partial charge in [-0.2, -0.15) is 0 Å². The second-order valence-corrected chi connectivity index (χ2v) is 6.60. The van der Waals surface area contributed by atoms with Gasteiger partial charge >= 0.3 is 0 Å². The number of carbonyl (C=O) groups excluding carboxylic acids is 2. The smallest absolute Gasteiger partial charge is 0.257 e. The maximum absolute atomic E-state index is 12.5. The lowest BCUT2D eigenvalue weighted by atomic mass is 10.1. The van der Waals surface area contributed by atoms with Crippen LogP contribution in [0.4, 0.5) is 5.69 Å². The highest BCUT2D eigenvalue weighted by Crippen LogP contribution is 2.22. The van der Waals surface area contributed by atoms with Gasteiger partial charge in [0.05, 0.1) is 16.8 Å². The van der Waals surface area contributed by atoms with Gasteiger partial charge in [0.2, 0.25) is 0 Å². The van der Waals surface area contributed by atoms with E-state index in [0.29, 0.717) is 16.8 Å². The lowest BCUT2D eigenvalue weighted by Gasteiger charge is -2.26. The molecule has 0 radical (unpaired) electrons. The standard InChI is InChI=1S/C18H18BrN3O2/c19-15-6-2-3-7-16(15)21-17(23)13-10-14(12-20-11-13)18(24)22-8-4-1-5-9-22/h2-3,6-7,10-12H,1,4-5,8-9H2,(H,21,23). The normalized spacial score (nSPS) is 14.3. The van der Waals surface area contributed by atoms with Gasteiger partial charge in [-0.25, -0.2) is 0 Å². The third-order valence-electron chi connectivity index (χ3n) is 4.01. The molecule has 124 valence electrons. The van der Waals surface area contributed by atoms with Gasteiger partial charge in [0.15, 0.2) is 0 Å². The van der Waals surface area contributed by atoms with E-state index in [4.69, 9.17) is 0 Å². The summed E-state index contributed by atoms with van der Waals surface area (Å²) in [6.07, 6.45) is 6.21. The average Bonchev–Trinajstić information content (AvgIpc) is 2.64. The van der Waals surface area contributed by atoms with Crippen molar-refractivity contribution in [3.8, 4) is 0 Å². The van der Waals surface area contributed by atoms with Gasteiger partial charge in [0.25, 0.3) is 11.8 Å². The average molecular weight is 388 g/mol. The van der Waals surface area contributed by atoms with Gasteiger partial charge in [-0.15, -0.1) is 0 Å². The van der Waals surface area contributed by atoms with Crippen LogP contribution in [0.2, 0.25) is 0 Å². The summed E-state index contributed by atoms with van der Waals surface area (Å²) in [5.41, 5.74) is 1.50. The van der Waals surface area contributed by atoms with E-state index in [9.17, 15) is 9.59 Å². The zero-order chi connectivity index (χ0) is 16.9. The summed E-state index contributed by atoms with van der Waals surface area (Å²) in [5, 5.41) is 2.82. The maximum Gasteiger partial charge on any atom is 0.257 e. The van der Waals surface area contributed by atoms with E-state index >= 15 is 0 Å². The van der Waals surface area contributed by atoms with Crippen LogP contribution in [0, 0.1) is 0 Å². The van der Waals surface area contributed by atoms with Crippen LogP contribution in [-0.2, 0) is 0 Å². The molecule has 0 atom stereocenters. The van der Waals surface area contributed by atoms with Crippen LogP contribution < -0.4 is 5.32 Å². The number of likely N-dealkylation sites (tertiary alicyclic amines) is 1. The largest absolute Gasteiger partial charge is 0.339 e. The summed E-state index contributed by atoms with van der Waals surface area (Å²) in [5.74, 6) is -0.347. The Morgan fingerprint density at radius 3 is 2.50 bits per heavy atom. The number of hydrogen-bond acceptors (Lipinski definition) is 3. The molecule has 1 saturated heterocycles. The van der Waals surface area contributed by atoms with E-state index in [1.807, 2.05) is 23.1 Å². The van der Waals surface area contributed by atoms with Gasteiger partial charge in [0, 0.05) is 30.0 Å². The SMILES string of the molecule is O=C(Nc1ccccc1Br)c1cncc(C(=O)N2CCCCC2)c1. The van der Waals surface area contributed by atoms with Crippen molar-refractivity contribution < 1.29 is 9.59 Å². The Balaban J connectivity index is 1.76. The summed E-state index contributed by atoms with van der Waals surface area (Å²) in [6.45, 7) is 1.54. The summed E-state index contributed by atoms with van der Waals surface area (Å²) < 4.78 is 0.798. The molecule has 6 heteroatoms. The molecular weight excluding hydrogens is 370 g/mol. The molecule has 2 heterocycles. The minimum atomic E-state index is -0.289. The molecule has 2 amide bonds. The fraction of sp³-hybridized carbons (Fsp3) is 0.278. The van der Waals surface area contributed by atoms with Crippen LogP contribution in [0.15, 0.2) is 47.2 Å². The van der Waals surface area contributed by atoms with Gasteiger partial charge in [-0.3, -0.25) is 14.6 Å². The number of pyridine rings is 1. The van der Waals surface area contributed by atoms with Crippen molar-refractivity contribution in [1.29, 1.82) is 0 Å². The molecular formula is C18H18BrN3O2. The fourth-order valence-corrected chi connectivity index (χ4v) is 3.10. The van der Waals surface area contributed by atoms with Crippen molar-refractivity contribution >= 4 is 33.4 Å². The monoisotopic (exact) mass is 387 g/mol. The molecule has 0 saturated carbocycles. The molecule has 1 N–H and O–H groups in total. The Kier molecular flexibility index (Phi) is 5.25. The topological polar surface area (TPSA) is 62.3 Å². The van der Waals surface area contributed by atoms with Gasteiger partial charge in [0.1, 0.15) is 0 Å². The highest BCUT2D eigenvalue weighted by molar-refractivity contribution is 9.10. The number of para-hydroxylation sites is 1. The quantitative estimate of drug-likeness (QED) is 0.872. The van der Waals surface area contributed by atoms with Crippen molar-refractivity contribution in [2.24, 2.45) is 0 Å². The summed E-state index contributed by atoms with van der Waals surface area (Å²) in [4.78, 5) is 30.8. The third kappa shape index (κ3) is 3.82. The van der Waals surface area contributed by atoms with Crippen LogP contribution in [-0.4, -0.2) is 34.8 Å². The molecule has 2 aromatic rings. The second kappa shape index (κ2) is 7.57. The molecule has 1 aliphatic heterocycles. The number of benzene rings is 1. The molecule has 0 unspecified atom stereocenters. The van der Waals surface area contributed by atoms with Gasteiger partial charge < -0.3 is 10.2 Å². The van der Waals surface area contributed by atoms with Crippen LogP contribution in [0.3, 0.4) is 0 Å². The number of rotatable bonds is 3. The fourth-order valence-electron chi connectivity index (χ4n) is 2.72. The molecule has 1 aromatic heterocycles. The first-order valence-corrected chi connectivity index (χ1v) is 8.74. The van der Waals surface area contributed by atoms with Crippen molar-refractivity contribution in [1.82, 2.24) is 9.88 Å². The summed E-state index contributed by atoms with van der Waals surface area (Å²) in [6, 6.07) is 8.98. The number of carbonyl (C=O) groups is 2. The van der Waals surface area contributed by atoms with E-state index in [0.717, 1.165) is 36.8 Å². The lowest BCUT2D eigenvalue weighted by Crippen LogP contribution is -2.35. The minimum Gasteiger partial charge on any atom is -0.339 e. The number of anilines is 1. The molecule has 0 spiro atoms. The van der Waals surface area contributed by atoms with Gasteiger partial charge in [-0.1, -0.05) is 12.1 Å². The van der Waals surface area contributed by atoms with Crippen molar-refractivity contribution in [3.63, 3.8) is 0 Å². The molecule has 0 bridgehead atoms. The first kappa shape index (κ1) is 16.6. The Bertz CT molecular complexity index is 757. The number of amides is 2. The Labute approximate surface area is 149 Å². The molecule has 1 aliphatic rings. The highest BCUT2D eigenvalue weighted by atomic mass is 79.9. The van der Waals surface area contributed by atoms with Crippen molar-refractivity contribution in [3.05, 3.63) is 58.3 Å². The van der Waals surface area contributed by atoms with E-state index in [1.54, 1.807) is 12.1 Å². The number of nitrogens with one attached hydrogen (secondary N) is 1. The summed E-state index contributed by atoms with van der Waals surface area (Å²) in [7, 11) is 0. The predicted molar refractivity (Wildman–Crippen MR) is 96.1 cm³/mol. The Morgan fingerprint density at radius 1 is 1.04 bits per heavy atom. The first-order valence-electron chi connectivity index (χ1n) is 7.95. The highest BCUT2D eigenvalue weighted by Gasteiger charge is 2.19. The number of aromatic nitrogens is 1. The molecule has 0 aliphatic carbocycles. The predicted octanol–water partition coefficient (Wildman–Crippen LogP) is 3.72. The van der Waals surface area contributed by atoms with Crippen LogP contribution in [0.25, 0.3) is 0 Å². The zero-order valence-corrected chi connectivity index (χ0v) is 14.8. The lowest BCUT2D eigenvalue weighted by molar-refractivity contribution is 0.0724. The zero-order valence-electron chi connectivity index (χ0n) is 13.2. The minimum absolute atomic E-state index is 0.0576. The molecule has 5 nitrogen and oxygen atoms in total. The molecule has 1 fully saturated rings. The van der Waals surface area contributed by atoms with E-state index < -0.39 is 0 Å². The summed E-state index contributed by atoms with van der Waals surface area (Å²) >= 11 is 3.40. The Morgan fingerprint density at radius 2 is 1.75 bits per heavy atom. The number of nitrogens with zero attached hydrogens (tertiary/aromatic N) is 2. The number of halogens is 1. The third-order valence-corrected chi connectivity index (χ3v) is 4.70. The van der Waals surface area contributed by atoms with Crippen LogP contribution >= 0.6 is 15.9 Å². The van der Waals surface area contributed by atoms with Crippen LogP contribution in [0.1, 0.15) is 40.0 Å². The van der Waals surface area contributed by atoms with Crippen molar-refractivity contribution in [2.45, 2.75) is 19.3 Å². The maximum atomic E-state index is 12.5. The van der Waals surface area contributed by atoms with E-state index in [1.165, 1.54) is 12.4 Å². The number of piperidine rings is 1. The molecule has 3 rings (SSSR count). The van der Waals surface area contributed by atoms with Crippen LogP contribution in [0.5, 0.6) is 0 Å². The van der Waals surface area contributed by atoms with Gasteiger partial charge in [-0.05, 0) is 53.4 Å². The molecule has 24 heavy (non-hydrogen) atoms.